The van der Waals surface area contributed by atoms with E-state index in [-0.39, 0.29) is 5.57 Å². The summed E-state index contributed by atoms with van der Waals surface area (Å²) < 4.78 is 10.1. The average molecular weight is 308 g/mol. The molecule has 0 aliphatic carbocycles. The van der Waals surface area contributed by atoms with Gasteiger partial charge in [-0.25, -0.2) is 9.59 Å². The zero-order valence-corrected chi connectivity index (χ0v) is 12.9. The summed E-state index contributed by atoms with van der Waals surface area (Å²) >= 11 is 0. The second kappa shape index (κ2) is 5.72. The molecule has 1 aliphatic heterocycles. The molecule has 0 spiro atoms. The Hall–Kier alpha value is -2.88. The summed E-state index contributed by atoms with van der Waals surface area (Å²) in [6, 6.07) is 14.0. The van der Waals surface area contributed by atoms with Gasteiger partial charge in [0.1, 0.15) is 5.57 Å². The van der Waals surface area contributed by atoms with Gasteiger partial charge in [0.05, 0.1) is 0 Å². The summed E-state index contributed by atoms with van der Waals surface area (Å²) in [7, 11) is 0. The highest BCUT2D eigenvalue weighted by molar-refractivity contribution is 6.15. The first-order chi connectivity index (χ1) is 11.0. The van der Waals surface area contributed by atoms with E-state index < -0.39 is 17.7 Å². The Morgan fingerprint density at radius 1 is 0.913 bits per heavy atom. The minimum atomic E-state index is -1.22. The van der Waals surface area contributed by atoms with E-state index in [0.717, 1.165) is 16.3 Å². The van der Waals surface area contributed by atoms with E-state index in [2.05, 4.69) is 0 Å². The molecule has 0 saturated carbocycles. The van der Waals surface area contributed by atoms with Crippen molar-refractivity contribution in [2.45, 2.75) is 19.6 Å². The summed E-state index contributed by atoms with van der Waals surface area (Å²) in [6.45, 7) is 3.04. The predicted molar refractivity (Wildman–Crippen MR) is 87.3 cm³/mol. The lowest BCUT2D eigenvalue weighted by Crippen LogP contribution is -2.41. The molecule has 3 rings (SSSR count). The second-order valence-corrected chi connectivity index (χ2v) is 5.69. The maximum atomic E-state index is 11.8. The summed E-state index contributed by atoms with van der Waals surface area (Å²) in [6.07, 6.45) is 4.91. The fourth-order valence-electron chi connectivity index (χ4n) is 2.44. The molecule has 0 bridgehead atoms. The molecule has 0 radical (unpaired) electrons. The molecule has 1 heterocycles. The Kier molecular flexibility index (Phi) is 3.74. The third-order valence-electron chi connectivity index (χ3n) is 3.48. The van der Waals surface area contributed by atoms with Gasteiger partial charge in [-0.05, 0) is 22.4 Å². The van der Waals surface area contributed by atoms with Gasteiger partial charge in [0.15, 0.2) is 0 Å². The number of esters is 2. The van der Waals surface area contributed by atoms with Crippen LogP contribution in [0.25, 0.3) is 16.8 Å². The number of hydrogen-bond donors (Lipinski definition) is 0. The number of carbonyl (C=O) groups excluding carboxylic acids is 2. The SMILES string of the molecule is CC1(C)OC(=O)C(=CC=Cc2cccc3ccccc23)C(=O)O1. The number of ether oxygens (including phenoxy) is 2. The first-order valence-corrected chi connectivity index (χ1v) is 7.29. The summed E-state index contributed by atoms with van der Waals surface area (Å²) in [5.41, 5.74) is 0.888. The molecule has 2 aromatic rings. The van der Waals surface area contributed by atoms with Crippen LogP contribution in [-0.4, -0.2) is 17.7 Å². The fraction of sp³-hybridized carbons (Fsp3) is 0.158. The zero-order valence-electron chi connectivity index (χ0n) is 12.9. The molecule has 0 N–H and O–H groups in total. The Bertz CT molecular complexity index is 816. The Morgan fingerprint density at radius 2 is 1.57 bits per heavy atom. The van der Waals surface area contributed by atoms with Crippen molar-refractivity contribution in [3.63, 3.8) is 0 Å². The van der Waals surface area contributed by atoms with Gasteiger partial charge in [0, 0.05) is 13.8 Å². The highest BCUT2D eigenvalue weighted by Gasteiger charge is 2.38. The lowest BCUT2D eigenvalue weighted by molar-refractivity contribution is -0.222. The maximum Gasteiger partial charge on any atom is 0.348 e. The van der Waals surface area contributed by atoms with Crippen LogP contribution in [0.3, 0.4) is 0 Å². The minimum absolute atomic E-state index is 0.110. The third-order valence-corrected chi connectivity index (χ3v) is 3.48. The predicted octanol–water partition coefficient (Wildman–Crippen LogP) is 3.62. The van der Waals surface area contributed by atoms with Gasteiger partial charge < -0.3 is 9.47 Å². The van der Waals surface area contributed by atoms with Gasteiger partial charge in [-0.15, -0.1) is 0 Å². The summed E-state index contributed by atoms with van der Waals surface area (Å²) in [5, 5.41) is 2.22. The number of allylic oxidation sites excluding steroid dienone is 2. The number of fused-ring (bicyclic) bond motifs is 1. The number of carbonyl (C=O) groups is 2. The molecule has 2 aromatic carbocycles. The van der Waals surface area contributed by atoms with Crippen LogP contribution in [0.2, 0.25) is 0 Å². The minimum Gasteiger partial charge on any atom is -0.419 e. The van der Waals surface area contributed by atoms with E-state index in [9.17, 15) is 9.59 Å². The van der Waals surface area contributed by atoms with Crippen LogP contribution in [0.4, 0.5) is 0 Å². The van der Waals surface area contributed by atoms with Gasteiger partial charge in [0.25, 0.3) is 5.79 Å². The Balaban J connectivity index is 1.88. The molecule has 4 nitrogen and oxygen atoms in total. The molecule has 116 valence electrons. The molecule has 1 fully saturated rings. The van der Waals surface area contributed by atoms with E-state index in [1.165, 1.54) is 19.9 Å². The van der Waals surface area contributed by atoms with Crippen LogP contribution in [0.5, 0.6) is 0 Å². The molecule has 4 heteroatoms. The Labute approximate surface area is 134 Å². The largest absolute Gasteiger partial charge is 0.419 e. The van der Waals surface area contributed by atoms with Crippen LogP contribution in [0, 0.1) is 0 Å². The molecule has 1 aliphatic rings. The van der Waals surface area contributed by atoms with Crippen molar-refractivity contribution >= 4 is 28.8 Å². The van der Waals surface area contributed by atoms with Crippen LogP contribution in [0.15, 0.2) is 60.2 Å². The van der Waals surface area contributed by atoms with E-state index in [1.54, 1.807) is 6.08 Å². The lowest BCUT2D eigenvalue weighted by atomic mass is 10.0. The van der Waals surface area contributed by atoms with Gasteiger partial charge in [-0.3, -0.25) is 0 Å². The molecule has 0 unspecified atom stereocenters. The van der Waals surface area contributed by atoms with Crippen LogP contribution in [-0.2, 0) is 19.1 Å². The Morgan fingerprint density at radius 3 is 2.30 bits per heavy atom. The smallest absolute Gasteiger partial charge is 0.348 e. The van der Waals surface area contributed by atoms with E-state index >= 15 is 0 Å². The van der Waals surface area contributed by atoms with Crippen molar-refractivity contribution in [2.24, 2.45) is 0 Å². The van der Waals surface area contributed by atoms with Gasteiger partial charge in [-0.2, -0.15) is 0 Å². The van der Waals surface area contributed by atoms with Crippen LogP contribution in [0.1, 0.15) is 19.4 Å². The monoisotopic (exact) mass is 308 g/mol. The molecule has 1 saturated heterocycles. The van der Waals surface area contributed by atoms with Crippen LogP contribution >= 0.6 is 0 Å². The first-order valence-electron chi connectivity index (χ1n) is 7.29. The molecule has 0 amide bonds. The molecular weight excluding hydrogens is 292 g/mol. The normalized spacial score (nSPS) is 17.2. The number of benzene rings is 2. The van der Waals surface area contributed by atoms with Crippen molar-refractivity contribution in [1.82, 2.24) is 0 Å². The van der Waals surface area contributed by atoms with Gasteiger partial charge in [-0.1, -0.05) is 54.6 Å². The second-order valence-electron chi connectivity index (χ2n) is 5.69. The molecule has 0 aromatic heterocycles. The summed E-state index contributed by atoms with van der Waals surface area (Å²) in [5.74, 6) is -2.56. The van der Waals surface area contributed by atoms with E-state index in [1.807, 2.05) is 48.5 Å². The van der Waals surface area contributed by atoms with Crippen molar-refractivity contribution in [3.05, 3.63) is 65.8 Å². The molecule has 0 atom stereocenters. The highest BCUT2D eigenvalue weighted by atomic mass is 16.7. The maximum absolute atomic E-state index is 11.8. The van der Waals surface area contributed by atoms with Crippen molar-refractivity contribution < 1.29 is 19.1 Å². The zero-order chi connectivity index (χ0) is 16.4. The molecule has 23 heavy (non-hydrogen) atoms. The van der Waals surface area contributed by atoms with E-state index in [4.69, 9.17) is 9.47 Å². The van der Waals surface area contributed by atoms with Crippen molar-refractivity contribution in [3.8, 4) is 0 Å². The van der Waals surface area contributed by atoms with Gasteiger partial charge >= 0.3 is 11.9 Å². The standard InChI is InChI=1S/C19H16O4/c1-19(2)22-17(20)16(18(21)23-19)12-6-10-14-9-5-8-13-7-3-4-11-15(13)14/h3-12H,1-2H3. The molecular formula is C19H16O4. The first kappa shape index (κ1) is 15.0. The fourth-order valence-corrected chi connectivity index (χ4v) is 2.44. The lowest BCUT2D eigenvalue weighted by Gasteiger charge is -2.29. The average Bonchev–Trinajstić information content (AvgIpc) is 2.49. The quantitative estimate of drug-likeness (QED) is 0.483. The highest BCUT2D eigenvalue weighted by Crippen LogP contribution is 2.23. The number of rotatable bonds is 2. The number of cyclic esters (lactones) is 2. The third kappa shape index (κ3) is 3.16. The van der Waals surface area contributed by atoms with E-state index in [0.29, 0.717) is 0 Å². The number of hydrogen-bond acceptors (Lipinski definition) is 4. The van der Waals surface area contributed by atoms with Crippen LogP contribution < -0.4 is 0 Å². The topological polar surface area (TPSA) is 52.6 Å². The van der Waals surface area contributed by atoms with Gasteiger partial charge in [0.2, 0.25) is 0 Å². The summed E-state index contributed by atoms with van der Waals surface area (Å²) in [4.78, 5) is 23.7. The van der Waals surface area contributed by atoms with Crippen molar-refractivity contribution in [1.29, 1.82) is 0 Å². The van der Waals surface area contributed by atoms with Crippen molar-refractivity contribution in [2.75, 3.05) is 0 Å².